The minimum Gasteiger partial charge on any atom is -0.295 e. The predicted molar refractivity (Wildman–Crippen MR) is 53.1 cm³/mol. The zero-order chi connectivity index (χ0) is 9.40. The van der Waals surface area contributed by atoms with Gasteiger partial charge in [-0.3, -0.25) is 4.79 Å². The summed E-state index contributed by atoms with van der Waals surface area (Å²) >= 11 is 0. The summed E-state index contributed by atoms with van der Waals surface area (Å²) in [5.41, 5.74) is 0.972. The lowest BCUT2D eigenvalue weighted by Gasteiger charge is -1.99. The first-order valence-corrected chi connectivity index (χ1v) is 4.53. The van der Waals surface area contributed by atoms with Gasteiger partial charge >= 0.3 is 0 Å². The molecule has 0 saturated carbocycles. The lowest BCUT2D eigenvalue weighted by Crippen LogP contribution is -1.95. The number of hydrogen-bond acceptors (Lipinski definition) is 1. The quantitative estimate of drug-likeness (QED) is 0.336. The third kappa shape index (κ3) is 4.89. The summed E-state index contributed by atoms with van der Waals surface area (Å²) in [6.07, 6.45) is 7.76. The lowest BCUT2D eigenvalue weighted by molar-refractivity contribution is -0.113. The van der Waals surface area contributed by atoms with E-state index in [9.17, 15) is 4.79 Å². The van der Waals surface area contributed by atoms with Gasteiger partial charge in [-0.15, -0.1) is 6.58 Å². The van der Waals surface area contributed by atoms with Crippen molar-refractivity contribution in [1.82, 2.24) is 0 Å². The molecule has 0 saturated heterocycles. The third-order valence-corrected chi connectivity index (χ3v) is 1.73. The maximum Gasteiger partial charge on any atom is 0.155 e. The Bertz CT molecular complexity index is 177. The topological polar surface area (TPSA) is 17.1 Å². The van der Waals surface area contributed by atoms with Crippen molar-refractivity contribution in [3.05, 3.63) is 24.3 Å². The number of hydrogen-bond donors (Lipinski definition) is 0. The average Bonchev–Trinajstić information content (AvgIpc) is 2.03. The van der Waals surface area contributed by atoms with Crippen LogP contribution >= 0.6 is 0 Å². The smallest absolute Gasteiger partial charge is 0.155 e. The molecule has 0 aromatic heterocycles. The highest BCUT2D eigenvalue weighted by molar-refractivity contribution is 5.93. The van der Waals surface area contributed by atoms with Crippen LogP contribution in [0.15, 0.2) is 24.3 Å². The summed E-state index contributed by atoms with van der Waals surface area (Å²) in [7, 11) is 0. The van der Waals surface area contributed by atoms with Gasteiger partial charge in [-0.25, -0.2) is 0 Å². The zero-order valence-electron chi connectivity index (χ0n) is 8.10. The van der Waals surface area contributed by atoms with Crippen LogP contribution < -0.4 is 0 Å². The van der Waals surface area contributed by atoms with Crippen LogP contribution in [0.2, 0.25) is 0 Å². The standard InChI is InChI=1S/C11H18O/c1-4-6-7-9-11(8-5-2)10(3)12/h4,9H,1,5-8H2,2-3H3. The summed E-state index contributed by atoms with van der Waals surface area (Å²) in [4.78, 5) is 11.0. The van der Waals surface area contributed by atoms with Crippen LogP contribution in [0.25, 0.3) is 0 Å². The number of unbranched alkanes of at least 4 members (excludes halogenated alkanes) is 1. The van der Waals surface area contributed by atoms with Crippen molar-refractivity contribution in [3.63, 3.8) is 0 Å². The maximum atomic E-state index is 11.0. The van der Waals surface area contributed by atoms with Crippen LogP contribution in [0, 0.1) is 0 Å². The van der Waals surface area contributed by atoms with Crippen LogP contribution in [0.5, 0.6) is 0 Å². The van der Waals surface area contributed by atoms with E-state index in [-0.39, 0.29) is 5.78 Å². The predicted octanol–water partition coefficient (Wildman–Crippen LogP) is 3.27. The first kappa shape index (κ1) is 11.2. The van der Waals surface area contributed by atoms with Gasteiger partial charge in [0.2, 0.25) is 0 Å². The van der Waals surface area contributed by atoms with Gasteiger partial charge in [-0.05, 0) is 31.8 Å². The maximum absolute atomic E-state index is 11.0. The highest BCUT2D eigenvalue weighted by Gasteiger charge is 2.00. The molecule has 0 rings (SSSR count). The molecule has 0 aliphatic heterocycles. The first-order chi connectivity index (χ1) is 5.72. The minimum atomic E-state index is 0.209. The van der Waals surface area contributed by atoms with Gasteiger partial charge in [-0.2, -0.15) is 0 Å². The van der Waals surface area contributed by atoms with Gasteiger partial charge in [0, 0.05) is 0 Å². The summed E-state index contributed by atoms with van der Waals surface area (Å²) in [5.74, 6) is 0.209. The van der Waals surface area contributed by atoms with Crippen molar-refractivity contribution in [2.45, 2.75) is 39.5 Å². The Morgan fingerprint density at radius 1 is 1.42 bits per heavy atom. The van der Waals surface area contributed by atoms with Crippen LogP contribution in [-0.2, 0) is 4.79 Å². The van der Waals surface area contributed by atoms with E-state index >= 15 is 0 Å². The second-order valence-electron chi connectivity index (χ2n) is 2.90. The molecule has 0 aromatic rings. The van der Waals surface area contributed by atoms with Gasteiger partial charge in [0.25, 0.3) is 0 Å². The van der Waals surface area contributed by atoms with Crippen LogP contribution in [0.4, 0.5) is 0 Å². The summed E-state index contributed by atoms with van der Waals surface area (Å²) in [6, 6.07) is 0. The Labute approximate surface area is 75.2 Å². The van der Waals surface area contributed by atoms with Crippen molar-refractivity contribution < 1.29 is 4.79 Å². The molecule has 68 valence electrons. The fraction of sp³-hybridized carbons (Fsp3) is 0.545. The Balaban J connectivity index is 3.98. The molecule has 0 aliphatic rings. The number of Topliss-reactive ketones (excluding diaryl/α,β-unsaturated/α-hetero) is 1. The summed E-state index contributed by atoms with van der Waals surface area (Å²) in [5, 5.41) is 0. The third-order valence-electron chi connectivity index (χ3n) is 1.73. The van der Waals surface area contributed by atoms with Crippen molar-refractivity contribution in [2.75, 3.05) is 0 Å². The molecule has 0 atom stereocenters. The van der Waals surface area contributed by atoms with E-state index < -0.39 is 0 Å². The molecule has 0 fully saturated rings. The molecule has 0 aromatic carbocycles. The number of carbonyl (C=O) groups excluding carboxylic acids is 1. The monoisotopic (exact) mass is 166 g/mol. The van der Waals surface area contributed by atoms with Crippen LogP contribution in [0.1, 0.15) is 39.5 Å². The molecule has 12 heavy (non-hydrogen) atoms. The second kappa shape index (κ2) is 6.84. The summed E-state index contributed by atoms with van der Waals surface area (Å²) < 4.78 is 0. The number of allylic oxidation sites excluding steroid dienone is 3. The van der Waals surface area contributed by atoms with E-state index in [1.807, 2.05) is 12.2 Å². The van der Waals surface area contributed by atoms with Crippen molar-refractivity contribution in [3.8, 4) is 0 Å². The number of carbonyl (C=O) groups is 1. The van der Waals surface area contributed by atoms with Crippen LogP contribution in [-0.4, -0.2) is 5.78 Å². The van der Waals surface area contributed by atoms with E-state index in [1.165, 1.54) is 0 Å². The normalized spacial score (nSPS) is 11.3. The largest absolute Gasteiger partial charge is 0.295 e. The molecular formula is C11H18O. The molecule has 0 aliphatic carbocycles. The van der Waals surface area contributed by atoms with Crippen LogP contribution in [0.3, 0.4) is 0 Å². The van der Waals surface area contributed by atoms with E-state index in [4.69, 9.17) is 0 Å². The SMILES string of the molecule is C=CCCC=C(CCC)C(C)=O. The minimum absolute atomic E-state index is 0.209. The van der Waals surface area contributed by atoms with Gasteiger partial charge < -0.3 is 0 Å². The second-order valence-corrected chi connectivity index (χ2v) is 2.90. The van der Waals surface area contributed by atoms with Gasteiger partial charge in [-0.1, -0.05) is 25.5 Å². The Kier molecular flexibility index (Phi) is 6.35. The molecule has 0 bridgehead atoms. The number of rotatable bonds is 6. The zero-order valence-corrected chi connectivity index (χ0v) is 8.10. The van der Waals surface area contributed by atoms with Crippen molar-refractivity contribution in [2.24, 2.45) is 0 Å². The molecular weight excluding hydrogens is 148 g/mol. The van der Waals surface area contributed by atoms with E-state index in [1.54, 1.807) is 6.92 Å². The highest BCUT2D eigenvalue weighted by Crippen LogP contribution is 2.08. The molecule has 1 heteroatoms. The fourth-order valence-corrected chi connectivity index (χ4v) is 1.07. The molecule has 0 N–H and O–H groups in total. The molecule has 0 unspecified atom stereocenters. The molecule has 1 nitrogen and oxygen atoms in total. The van der Waals surface area contributed by atoms with E-state index in [2.05, 4.69) is 13.5 Å². The van der Waals surface area contributed by atoms with Gasteiger partial charge in [0.05, 0.1) is 0 Å². The first-order valence-electron chi connectivity index (χ1n) is 4.53. The Hall–Kier alpha value is -0.850. The molecule has 0 spiro atoms. The van der Waals surface area contributed by atoms with E-state index in [0.29, 0.717) is 0 Å². The average molecular weight is 166 g/mol. The summed E-state index contributed by atoms with van der Waals surface area (Å²) in [6.45, 7) is 7.36. The van der Waals surface area contributed by atoms with Gasteiger partial charge in [0.15, 0.2) is 5.78 Å². The Morgan fingerprint density at radius 3 is 2.50 bits per heavy atom. The molecule has 0 radical (unpaired) electrons. The van der Waals surface area contributed by atoms with Crippen molar-refractivity contribution in [1.29, 1.82) is 0 Å². The fourth-order valence-electron chi connectivity index (χ4n) is 1.07. The van der Waals surface area contributed by atoms with Gasteiger partial charge in [0.1, 0.15) is 0 Å². The highest BCUT2D eigenvalue weighted by atomic mass is 16.1. The number of ketones is 1. The lowest BCUT2D eigenvalue weighted by atomic mass is 10.1. The van der Waals surface area contributed by atoms with E-state index in [0.717, 1.165) is 31.3 Å². The van der Waals surface area contributed by atoms with Crippen molar-refractivity contribution >= 4 is 5.78 Å². The Morgan fingerprint density at radius 2 is 2.08 bits per heavy atom. The molecule has 0 amide bonds. The molecule has 0 heterocycles.